The number of nitrogens with one attached hydrogen (secondary N) is 3. The van der Waals surface area contributed by atoms with Crippen molar-refractivity contribution < 1.29 is 23.7 Å². The number of nitrogens with zero attached hydrogens (tertiary/aromatic N) is 6. The molecule has 0 bridgehead atoms. The highest BCUT2D eigenvalue weighted by Gasteiger charge is 2.32. The summed E-state index contributed by atoms with van der Waals surface area (Å²) in [5.74, 6) is 1.39. The van der Waals surface area contributed by atoms with Gasteiger partial charge < -0.3 is 34.3 Å². The van der Waals surface area contributed by atoms with Gasteiger partial charge in [0.2, 0.25) is 5.95 Å². The van der Waals surface area contributed by atoms with Crippen molar-refractivity contribution >= 4 is 18.0 Å². The fourth-order valence-electron chi connectivity index (χ4n) is 6.57. The third kappa shape index (κ3) is 10.4. The van der Waals surface area contributed by atoms with Crippen LogP contribution < -0.4 is 20.1 Å². The molecule has 270 valence electrons. The summed E-state index contributed by atoms with van der Waals surface area (Å²) in [5.41, 5.74) is 2.73. The van der Waals surface area contributed by atoms with Crippen LogP contribution in [0.15, 0.2) is 36.8 Å². The molecule has 1 aromatic carbocycles. The second kappa shape index (κ2) is 18.6. The number of rotatable bonds is 18. The molecule has 3 heterocycles. The molecule has 3 aromatic rings. The number of hydrogen-bond acceptors (Lipinski definition) is 12. The van der Waals surface area contributed by atoms with Crippen LogP contribution in [-0.2, 0) is 14.2 Å². The Morgan fingerprint density at radius 3 is 2.48 bits per heavy atom. The number of morpholine rings is 1. The Balaban J connectivity index is 1.26. The largest absolute Gasteiger partial charge is 0.487 e. The van der Waals surface area contributed by atoms with Crippen LogP contribution >= 0.6 is 0 Å². The van der Waals surface area contributed by atoms with E-state index in [4.69, 9.17) is 34.2 Å². The minimum atomic E-state index is -0.241. The quantitative estimate of drug-likeness (QED) is 0.0937. The molecule has 2 aromatic heterocycles. The van der Waals surface area contributed by atoms with Crippen molar-refractivity contribution in [1.29, 1.82) is 10.7 Å². The van der Waals surface area contributed by atoms with E-state index in [0.717, 1.165) is 62.7 Å². The van der Waals surface area contributed by atoms with E-state index in [1.54, 1.807) is 25.6 Å². The summed E-state index contributed by atoms with van der Waals surface area (Å²) >= 11 is 0. The lowest BCUT2D eigenvalue weighted by Gasteiger charge is -2.42. The van der Waals surface area contributed by atoms with Crippen LogP contribution in [0.4, 0.5) is 11.6 Å². The first kappa shape index (κ1) is 37.0. The zero-order valence-electron chi connectivity index (χ0n) is 29.6. The van der Waals surface area contributed by atoms with E-state index in [1.165, 1.54) is 0 Å². The van der Waals surface area contributed by atoms with Crippen molar-refractivity contribution in [3.63, 3.8) is 0 Å². The zero-order chi connectivity index (χ0) is 35.3. The summed E-state index contributed by atoms with van der Waals surface area (Å²) in [4.78, 5) is 11.8. The molecule has 0 spiro atoms. The van der Waals surface area contributed by atoms with Crippen LogP contribution in [0.25, 0.3) is 11.1 Å². The normalized spacial score (nSPS) is 21.6. The van der Waals surface area contributed by atoms with Gasteiger partial charge in [-0.3, -0.25) is 15.0 Å². The summed E-state index contributed by atoms with van der Waals surface area (Å²) in [6.07, 6.45) is 11.9. The van der Waals surface area contributed by atoms with Crippen molar-refractivity contribution in [1.82, 2.24) is 30.0 Å². The predicted molar refractivity (Wildman–Crippen MR) is 190 cm³/mol. The van der Waals surface area contributed by atoms with Gasteiger partial charge in [-0.05, 0) is 64.2 Å². The molecule has 1 aliphatic carbocycles. The van der Waals surface area contributed by atoms with Crippen molar-refractivity contribution in [3.05, 3.63) is 42.4 Å². The molecule has 2 fully saturated rings. The molecule has 0 amide bonds. The fraction of sp³-hybridized carbons (Fsp3) is 0.583. The van der Waals surface area contributed by atoms with Crippen LogP contribution in [-0.4, -0.2) is 109 Å². The monoisotopic (exact) mass is 689 g/mol. The number of anilines is 2. The Labute approximate surface area is 294 Å². The molecular formula is C36H51N9O5. The topological polar surface area (TPSA) is 165 Å². The van der Waals surface area contributed by atoms with Gasteiger partial charge in [-0.1, -0.05) is 6.07 Å². The van der Waals surface area contributed by atoms with Crippen LogP contribution in [0.2, 0.25) is 0 Å². The van der Waals surface area contributed by atoms with Crippen LogP contribution in [0.5, 0.6) is 11.6 Å². The van der Waals surface area contributed by atoms with Gasteiger partial charge in [0.05, 0.1) is 62.7 Å². The van der Waals surface area contributed by atoms with Gasteiger partial charge in [0.25, 0.3) is 5.88 Å². The number of hydrogen-bond donors (Lipinski definition) is 3. The summed E-state index contributed by atoms with van der Waals surface area (Å²) in [7, 11) is 1.66. The molecule has 14 heteroatoms. The molecule has 14 nitrogen and oxygen atoms in total. The highest BCUT2D eigenvalue weighted by molar-refractivity contribution is 5.67. The lowest BCUT2D eigenvalue weighted by Crippen LogP contribution is -2.51. The molecule has 0 radical (unpaired) electrons. The first-order valence-corrected chi connectivity index (χ1v) is 17.6. The van der Waals surface area contributed by atoms with E-state index in [9.17, 15) is 5.26 Å². The highest BCUT2D eigenvalue weighted by atomic mass is 16.5. The Bertz CT molecular complexity index is 1530. The maximum atomic E-state index is 9.60. The Hall–Kier alpha value is -4.29. The predicted octanol–water partition coefficient (Wildman–Crippen LogP) is 4.94. The van der Waals surface area contributed by atoms with Gasteiger partial charge >= 0.3 is 0 Å². The number of benzene rings is 1. The lowest BCUT2D eigenvalue weighted by atomic mass is 9.89. The molecule has 1 saturated carbocycles. The number of aromatic nitrogens is 4. The Kier molecular flexibility index (Phi) is 13.8. The first-order chi connectivity index (χ1) is 24.4. The molecule has 50 heavy (non-hydrogen) atoms. The van der Waals surface area contributed by atoms with E-state index < -0.39 is 0 Å². The highest BCUT2D eigenvalue weighted by Crippen LogP contribution is 2.35. The number of ether oxygens (including phenoxy) is 5. The average molecular weight is 690 g/mol. The minimum Gasteiger partial charge on any atom is -0.487 e. The van der Waals surface area contributed by atoms with Crippen molar-refractivity contribution in [2.45, 2.75) is 83.3 Å². The molecule has 0 unspecified atom stereocenters. The lowest BCUT2D eigenvalue weighted by molar-refractivity contribution is -0.0852. The third-order valence-electron chi connectivity index (χ3n) is 8.98. The van der Waals surface area contributed by atoms with Gasteiger partial charge in [0, 0.05) is 57.2 Å². The van der Waals surface area contributed by atoms with Crippen molar-refractivity contribution in [2.75, 3.05) is 58.5 Å². The van der Waals surface area contributed by atoms with E-state index in [1.807, 2.05) is 29.9 Å². The van der Waals surface area contributed by atoms with Crippen molar-refractivity contribution in [2.24, 2.45) is 0 Å². The van der Waals surface area contributed by atoms with E-state index >= 15 is 0 Å². The average Bonchev–Trinajstić information content (AvgIpc) is 3.52. The van der Waals surface area contributed by atoms with Crippen LogP contribution in [0.3, 0.4) is 0 Å². The molecule has 2 aliphatic rings. The van der Waals surface area contributed by atoms with Gasteiger partial charge in [0.1, 0.15) is 23.6 Å². The Morgan fingerprint density at radius 1 is 1.04 bits per heavy atom. The van der Waals surface area contributed by atoms with Crippen molar-refractivity contribution in [3.8, 4) is 28.8 Å². The standard InChI is InChI=1S/C36H51N9O5/c1-25(18-39-24-38)50-34-16-28(6-7-29(34)17-37)30-19-40-36(41-20-30)42-33-23-45(43-35(33)48-13-5-12-47-15-14-46-4)32-10-8-31(9-11-32)44-21-26(2)49-27(3)22-44/h6-7,16,19-20,23-27,31-32H,5,8-15,18,21-22H2,1-4H3,(H2,38,39)(H,40,41,42)/t25-,26-,27+,31-,32-/m0/s1. The Morgan fingerprint density at radius 2 is 1.78 bits per heavy atom. The molecular weight excluding hydrogens is 638 g/mol. The van der Waals surface area contributed by atoms with Gasteiger partial charge in [0.15, 0.2) is 0 Å². The maximum absolute atomic E-state index is 9.60. The van der Waals surface area contributed by atoms with Gasteiger partial charge in [-0.15, -0.1) is 5.10 Å². The molecule has 3 atom stereocenters. The summed E-state index contributed by atoms with van der Waals surface area (Å²) in [6, 6.07) is 8.42. The summed E-state index contributed by atoms with van der Waals surface area (Å²) < 4.78 is 30.8. The van der Waals surface area contributed by atoms with E-state index in [-0.39, 0.29) is 24.4 Å². The molecule has 3 N–H and O–H groups in total. The van der Waals surface area contributed by atoms with Crippen LogP contribution in [0, 0.1) is 16.7 Å². The van der Waals surface area contributed by atoms with Gasteiger partial charge in [-0.2, -0.15) is 5.26 Å². The maximum Gasteiger partial charge on any atom is 0.256 e. The zero-order valence-corrected chi connectivity index (χ0v) is 29.6. The van der Waals surface area contributed by atoms with Crippen LogP contribution in [0.1, 0.15) is 64.5 Å². The summed E-state index contributed by atoms with van der Waals surface area (Å²) in [5, 5.41) is 27.8. The first-order valence-electron chi connectivity index (χ1n) is 17.6. The SMILES string of the molecule is COCCOCCCOc1nn([C@H]2CC[C@H](N3C[C@@H](C)O[C@@H](C)C3)CC2)cc1Nc1ncc(-c2ccc(C#N)c(O[C@@H](C)CNC=N)c2)cn1. The molecule has 1 aliphatic heterocycles. The number of nitriles is 1. The van der Waals surface area contributed by atoms with Gasteiger partial charge in [-0.25, -0.2) is 9.97 Å². The summed E-state index contributed by atoms with van der Waals surface area (Å²) in [6.45, 7) is 10.8. The van der Waals surface area contributed by atoms with E-state index in [0.29, 0.717) is 67.8 Å². The third-order valence-corrected chi connectivity index (χ3v) is 8.98. The minimum absolute atomic E-state index is 0.241. The molecule has 1 saturated heterocycles. The smallest absolute Gasteiger partial charge is 0.256 e. The second-order valence-corrected chi connectivity index (χ2v) is 13.0. The van der Waals surface area contributed by atoms with E-state index in [2.05, 4.69) is 45.4 Å². The molecule has 5 rings (SSSR count). The fourth-order valence-corrected chi connectivity index (χ4v) is 6.57. The second-order valence-electron chi connectivity index (χ2n) is 13.0. The number of methoxy groups -OCH3 is 1.